The normalized spacial score (nSPS) is 12.6. The minimum absolute atomic E-state index is 0.126. The maximum Gasteiger partial charge on any atom is 0.234 e. The van der Waals surface area contributed by atoms with Crippen LogP contribution in [-0.2, 0) is 9.53 Å². The molecule has 5 nitrogen and oxygen atoms in total. The van der Waals surface area contributed by atoms with Crippen molar-refractivity contribution in [2.45, 2.75) is 13.2 Å². The molecule has 0 aromatic rings. The van der Waals surface area contributed by atoms with Crippen LogP contribution in [0.1, 0.15) is 6.92 Å². The molecule has 3 N–H and O–H groups in total. The second kappa shape index (κ2) is 7.02. The van der Waals surface area contributed by atoms with Crippen molar-refractivity contribution in [3.8, 4) is 0 Å². The first kappa shape index (κ1) is 11.4. The molecule has 0 saturated carbocycles. The molecule has 0 saturated heterocycles. The third-order valence-corrected chi connectivity index (χ3v) is 1.19. The molecule has 0 aromatic heterocycles. The maximum absolute atomic E-state index is 10.9. The van der Waals surface area contributed by atoms with E-state index in [1.807, 2.05) is 0 Å². The number of hydrogen-bond donors (Lipinski definition) is 3. The SMILES string of the molecule is COCCNC(=O)CNC(C)O. The molecular weight excluding hydrogens is 160 g/mol. The summed E-state index contributed by atoms with van der Waals surface area (Å²) in [5.74, 6) is -0.145. The van der Waals surface area contributed by atoms with Crippen LogP contribution in [0, 0.1) is 0 Å². The molecule has 0 rings (SSSR count). The predicted molar refractivity (Wildman–Crippen MR) is 44.6 cm³/mol. The summed E-state index contributed by atoms with van der Waals surface area (Å²) in [4.78, 5) is 10.9. The van der Waals surface area contributed by atoms with Gasteiger partial charge in [0.05, 0.1) is 13.2 Å². The second-order valence-corrected chi connectivity index (χ2v) is 2.40. The smallest absolute Gasteiger partial charge is 0.234 e. The number of methoxy groups -OCH3 is 1. The topological polar surface area (TPSA) is 70.6 Å². The number of rotatable bonds is 6. The van der Waals surface area contributed by atoms with Crippen LogP contribution in [-0.4, -0.2) is 44.0 Å². The third kappa shape index (κ3) is 7.46. The molecular formula is C7H16N2O3. The minimum atomic E-state index is -0.654. The van der Waals surface area contributed by atoms with Gasteiger partial charge in [-0.05, 0) is 6.92 Å². The average Bonchev–Trinajstić information content (AvgIpc) is 2.01. The Balaban J connectivity index is 3.22. The van der Waals surface area contributed by atoms with Crippen LogP contribution in [0.2, 0.25) is 0 Å². The summed E-state index contributed by atoms with van der Waals surface area (Å²) >= 11 is 0. The van der Waals surface area contributed by atoms with Crippen LogP contribution in [0.15, 0.2) is 0 Å². The van der Waals surface area contributed by atoms with Crippen LogP contribution in [0.5, 0.6) is 0 Å². The van der Waals surface area contributed by atoms with Crippen molar-refractivity contribution in [2.24, 2.45) is 0 Å². The molecule has 1 unspecified atom stereocenters. The summed E-state index contributed by atoms with van der Waals surface area (Å²) in [7, 11) is 1.57. The summed E-state index contributed by atoms with van der Waals surface area (Å²) < 4.78 is 4.73. The Morgan fingerprint density at radius 1 is 1.67 bits per heavy atom. The zero-order chi connectivity index (χ0) is 9.40. The lowest BCUT2D eigenvalue weighted by Crippen LogP contribution is -2.38. The first-order valence-electron chi connectivity index (χ1n) is 3.84. The van der Waals surface area contributed by atoms with Crippen molar-refractivity contribution in [3.63, 3.8) is 0 Å². The fourth-order valence-electron chi connectivity index (χ4n) is 0.595. The lowest BCUT2D eigenvalue weighted by atomic mass is 10.5. The fraction of sp³-hybridized carbons (Fsp3) is 0.857. The Bertz CT molecular complexity index is 128. The van der Waals surface area contributed by atoms with Crippen LogP contribution in [0.25, 0.3) is 0 Å². The van der Waals surface area contributed by atoms with E-state index >= 15 is 0 Å². The van der Waals surface area contributed by atoms with Crippen LogP contribution < -0.4 is 10.6 Å². The number of carbonyl (C=O) groups excluding carboxylic acids is 1. The van der Waals surface area contributed by atoms with Gasteiger partial charge in [0.1, 0.15) is 6.23 Å². The number of amides is 1. The Hall–Kier alpha value is -0.650. The van der Waals surface area contributed by atoms with Crippen LogP contribution >= 0.6 is 0 Å². The van der Waals surface area contributed by atoms with E-state index in [1.165, 1.54) is 0 Å². The predicted octanol–water partition coefficient (Wildman–Crippen LogP) is -1.32. The molecule has 0 fully saturated rings. The monoisotopic (exact) mass is 176 g/mol. The second-order valence-electron chi connectivity index (χ2n) is 2.40. The lowest BCUT2D eigenvalue weighted by molar-refractivity contribution is -0.121. The largest absolute Gasteiger partial charge is 0.383 e. The lowest BCUT2D eigenvalue weighted by Gasteiger charge is -2.07. The van der Waals surface area contributed by atoms with E-state index in [4.69, 9.17) is 9.84 Å². The van der Waals surface area contributed by atoms with E-state index in [9.17, 15) is 4.79 Å². The third-order valence-electron chi connectivity index (χ3n) is 1.19. The summed E-state index contributed by atoms with van der Waals surface area (Å²) in [5, 5.41) is 13.9. The van der Waals surface area contributed by atoms with Gasteiger partial charge >= 0.3 is 0 Å². The van der Waals surface area contributed by atoms with Gasteiger partial charge in [-0.25, -0.2) is 0 Å². The van der Waals surface area contributed by atoms with Crippen LogP contribution in [0.3, 0.4) is 0 Å². The highest BCUT2D eigenvalue weighted by molar-refractivity contribution is 5.77. The van der Waals surface area contributed by atoms with Gasteiger partial charge in [0.2, 0.25) is 5.91 Å². The molecule has 72 valence electrons. The summed E-state index contributed by atoms with van der Waals surface area (Å²) in [6.45, 7) is 2.68. The van der Waals surface area contributed by atoms with Gasteiger partial charge in [-0.1, -0.05) is 0 Å². The van der Waals surface area contributed by atoms with Gasteiger partial charge in [0.15, 0.2) is 0 Å². The van der Waals surface area contributed by atoms with Crippen molar-refractivity contribution in [2.75, 3.05) is 26.8 Å². The van der Waals surface area contributed by atoms with E-state index in [-0.39, 0.29) is 12.5 Å². The van der Waals surface area contributed by atoms with Gasteiger partial charge in [-0.15, -0.1) is 0 Å². The Morgan fingerprint density at radius 2 is 2.33 bits per heavy atom. The molecule has 0 aliphatic heterocycles. The number of carbonyl (C=O) groups is 1. The first-order chi connectivity index (χ1) is 5.66. The highest BCUT2D eigenvalue weighted by atomic mass is 16.5. The molecule has 1 amide bonds. The van der Waals surface area contributed by atoms with Gasteiger partial charge in [-0.3, -0.25) is 10.1 Å². The standard InChI is InChI=1S/C7H16N2O3/c1-6(10)9-5-7(11)8-3-4-12-2/h6,9-10H,3-5H2,1-2H3,(H,8,11). The fourth-order valence-corrected chi connectivity index (χ4v) is 0.595. The Kier molecular flexibility index (Phi) is 6.64. The van der Waals surface area contributed by atoms with E-state index in [1.54, 1.807) is 14.0 Å². The van der Waals surface area contributed by atoms with Crippen molar-refractivity contribution >= 4 is 5.91 Å². The minimum Gasteiger partial charge on any atom is -0.383 e. The molecule has 0 bridgehead atoms. The average molecular weight is 176 g/mol. The molecule has 5 heteroatoms. The van der Waals surface area contributed by atoms with Gasteiger partial charge in [-0.2, -0.15) is 0 Å². The van der Waals surface area contributed by atoms with Crippen molar-refractivity contribution < 1.29 is 14.6 Å². The van der Waals surface area contributed by atoms with Gasteiger partial charge < -0.3 is 15.2 Å². The van der Waals surface area contributed by atoms with Crippen molar-refractivity contribution in [3.05, 3.63) is 0 Å². The molecule has 1 atom stereocenters. The van der Waals surface area contributed by atoms with Gasteiger partial charge in [0, 0.05) is 13.7 Å². The van der Waals surface area contributed by atoms with E-state index in [0.717, 1.165) is 0 Å². The Morgan fingerprint density at radius 3 is 2.83 bits per heavy atom. The highest BCUT2D eigenvalue weighted by Gasteiger charge is 2.00. The molecule has 0 aliphatic rings. The molecule has 0 spiro atoms. The quantitative estimate of drug-likeness (QED) is 0.346. The number of hydrogen-bond acceptors (Lipinski definition) is 4. The highest BCUT2D eigenvalue weighted by Crippen LogP contribution is 1.71. The van der Waals surface area contributed by atoms with Crippen molar-refractivity contribution in [1.29, 1.82) is 0 Å². The molecule has 0 aliphatic carbocycles. The van der Waals surface area contributed by atoms with E-state index < -0.39 is 6.23 Å². The van der Waals surface area contributed by atoms with E-state index in [2.05, 4.69) is 10.6 Å². The number of nitrogens with one attached hydrogen (secondary N) is 2. The zero-order valence-electron chi connectivity index (χ0n) is 7.46. The molecule has 0 aromatic carbocycles. The Labute approximate surface area is 72.1 Å². The van der Waals surface area contributed by atoms with Crippen LogP contribution in [0.4, 0.5) is 0 Å². The zero-order valence-corrected chi connectivity index (χ0v) is 7.46. The van der Waals surface area contributed by atoms with E-state index in [0.29, 0.717) is 13.2 Å². The van der Waals surface area contributed by atoms with Gasteiger partial charge in [0.25, 0.3) is 0 Å². The molecule has 0 radical (unpaired) electrons. The summed E-state index contributed by atoms with van der Waals surface area (Å²) in [5.41, 5.74) is 0. The number of aliphatic hydroxyl groups is 1. The summed E-state index contributed by atoms with van der Waals surface area (Å²) in [6.07, 6.45) is -0.654. The molecule has 12 heavy (non-hydrogen) atoms. The van der Waals surface area contributed by atoms with Crippen molar-refractivity contribution in [1.82, 2.24) is 10.6 Å². The maximum atomic E-state index is 10.9. The number of aliphatic hydroxyl groups excluding tert-OH is 1. The first-order valence-corrected chi connectivity index (χ1v) is 3.84. The molecule has 0 heterocycles. The number of ether oxygens (including phenoxy) is 1. The summed E-state index contributed by atoms with van der Waals surface area (Å²) in [6, 6.07) is 0.